The second-order valence-electron chi connectivity index (χ2n) is 3.40. The van der Waals surface area contributed by atoms with Crippen LogP contribution in [0.2, 0.25) is 0 Å². The minimum absolute atomic E-state index is 0.146. The molecule has 1 aromatic heterocycles. The zero-order valence-electron chi connectivity index (χ0n) is 9.83. The van der Waals surface area contributed by atoms with Crippen molar-refractivity contribution < 1.29 is 18.7 Å². The Morgan fingerprint density at radius 3 is 2.78 bits per heavy atom. The molecule has 0 bridgehead atoms. The first-order chi connectivity index (χ1) is 8.79. The van der Waals surface area contributed by atoms with Crippen LogP contribution in [0.3, 0.4) is 0 Å². The fraction of sp³-hybridized carbons (Fsp3) is 0.250. The highest BCUT2D eigenvalue weighted by Gasteiger charge is 2.14. The number of carbonyl (C=O) groups excluding carboxylic acids is 1. The molecule has 0 amide bonds. The number of carbonyl (C=O) groups is 1. The lowest BCUT2D eigenvalue weighted by molar-refractivity contribution is 0.0553. The predicted molar refractivity (Wildman–Crippen MR) is 61.3 cm³/mol. The van der Waals surface area contributed by atoms with Gasteiger partial charge in [-0.2, -0.15) is 0 Å². The third-order valence-electron chi connectivity index (χ3n) is 2.15. The van der Waals surface area contributed by atoms with E-state index in [1.807, 2.05) is 30.3 Å². The van der Waals surface area contributed by atoms with Crippen LogP contribution < -0.4 is 4.74 Å². The molecule has 0 saturated carbocycles. The van der Waals surface area contributed by atoms with E-state index in [2.05, 4.69) is 14.9 Å². The minimum Gasteiger partial charge on any atom is -0.493 e. The lowest BCUT2D eigenvalue weighted by Crippen LogP contribution is -2.01. The second kappa shape index (κ2) is 5.81. The average molecular weight is 248 g/mol. The number of methoxy groups -OCH3 is 1. The van der Waals surface area contributed by atoms with Crippen LogP contribution in [0.4, 0.5) is 0 Å². The number of esters is 1. The molecule has 0 unspecified atom stereocenters. The van der Waals surface area contributed by atoms with Gasteiger partial charge in [-0.1, -0.05) is 18.2 Å². The van der Waals surface area contributed by atoms with E-state index in [1.165, 1.54) is 7.11 Å². The Bertz CT molecular complexity index is 510. The Hall–Kier alpha value is -2.37. The van der Waals surface area contributed by atoms with E-state index >= 15 is 0 Å². The smallest absolute Gasteiger partial charge is 0.396 e. The molecule has 94 valence electrons. The number of aromatic nitrogens is 2. The van der Waals surface area contributed by atoms with Gasteiger partial charge in [0.15, 0.2) is 0 Å². The maximum atomic E-state index is 11.1. The van der Waals surface area contributed by atoms with Crippen molar-refractivity contribution in [3.63, 3.8) is 0 Å². The van der Waals surface area contributed by atoms with Gasteiger partial charge in [0.1, 0.15) is 5.75 Å². The maximum Gasteiger partial charge on any atom is 0.396 e. The molecule has 0 radical (unpaired) electrons. The van der Waals surface area contributed by atoms with Crippen molar-refractivity contribution in [2.45, 2.75) is 6.42 Å². The van der Waals surface area contributed by atoms with Crippen LogP contribution in [0.15, 0.2) is 34.7 Å². The van der Waals surface area contributed by atoms with Gasteiger partial charge < -0.3 is 13.9 Å². The van der Waals surface area contributed by atoms with Crippen LogP contribution in [-0.2, 0) is 11.2 Å². The summed E-state index contributed by atoms with van der Waals surface area (Å²) in [6.07, 6.45) is 0.429. The van der Waals surface area contributed by atoms with Gasteiger partial charge in [0.25, 0.3) is 0 Å². The number of para-hydroxylation sites is 1. The third kappa shape index (κ3) is 3.07. The summed E-state index contributed by atoms with van der Waals surface area (Å²) >= 11 is 0. The van der Waals surface area contributed by atoms with Crippen molar-refractivity contribution in [2.75, 3.05) is 13.7 Å². The Labute approximate surface area is 104 Å². The van der Waals surface area contributed by atoms with Crippen LogP contribution in [0.25, 0.3) is 0 Å². The molecule has 0 spiro atoms. The lowest BCUT2D eigenvalue weighted by atomic mass is 10.3. The largest absolute Gasteiger partial charge is 0.493 e. The summed E-state index contributed by atoms with van der Waals surface area (Å²) in [4.78, 5) is 11.1. The molecule has 2 aromatic rings. The van der Waals surface area contributed by atoms with E-state index < -0.39 is 5.97 Å². The number of benzene rings is 1. The van der Waals surface area contributed by atoms with E-state index in [9.17, 15) is 4.79 Å². The van der Waals surface area contributed by atoms with Crippen molar-refractivity contribution in [3.8, 4) is 5.75 Å². The zero-order chi connectivity index (χ0) is 12.8. The number of hydrogen-bond acceptors (Lipinski definition) is 6. The number of hydrogen-bond donors (Lipinski definition) is 0. The quantitative estimate of drug-likeness (QED) is 0.746. The molecule has 6 heteroatoms. The molecular formula is C12H12N2O4. The first-order valence-electron chi connectivity index (χ1n) is 5.38. The normalized spacial score (nSPS) is 10.1. The van der Waals surface area contributed by atoms with Gasteiger partial charge in [-0.3, -0.25) is 0 Å². The topological polar surface area (TPSA) is 74.5 Å². The van der Waals surface area contributed by atoms with Crippen LogP contribution in [0.1, 0.15) is 16.6 Å². The number of ether oxygens (including phenoxy) is 2. The van der Waals surface area contributed by atoms with Gasteiger partial charge in [0.05, 0.1) is 20.1 Å². The SMILES string of the molecule is COC(=O)c1nnc(CCOc2ccccc2)o1. The molecule has 6 nitrogen and oxygen atoms in total. The molecule has 1 heterocycles. The Balaban J connectivity index is 1.84. The van der Waals surface area contributed by atoms with Gasteiger partial charge in [-0.25, -0.2) is 4.79 Å². The van der Waals surface area contributed by atoms with Crippen LogP contribution >= 0.6 is 0 Å². The zero-order valence-corrected chi connectivity index (χ0v) is 9.83. The standard InChI is InChI=1S/C12H12N2O4/c1-16-12(15)11-14-13-10(18-11)7-8-17-9-5-3-2-4-6-9/h2-6H,7-8H2,1H3. The van der Waals surface area contributed by atoms with Crippen molar-refractivity contribution in [2.24, 2.45) is 0 Å². The molecule has 2 rings (SSSR count). The molecule has 0 N–H and O–H groups in total. The van der Waals surface area contributed by atoms with Gasteiger partial charge in [0, 0.05) is 0 Å². The summed E-state index contributed by atoms with van der Waals surface area (Å²) in [7, 11) is 1.25. The van der Waals surface area contributed by atoms with Crippen LogP contribution in [0.5, 0.6) is 5.75 Å². The monoisotopic (exact) mass is 248 g/mol. The summed E-state index contributed by atoms with van der Waals surface area (Å²) in [5.41, 5.74) is 0. The fourth-order valence-electron chi connectivity index (χ4n) is 1.30. The van der Waals surface area contributed by atoms with Gasteiger partial charge >= 0.3 is 11.9 Å². The van der Waals surface area contributed by atoms with Gasteiger partial charge in [0.2, 0.25) is 5.89 Å². The predicted octanol–water partition coefficient (Wildman–Crippen LogP) is 1.48. The van der Waals surface area contributed by atoms with Crippen molar-refractivity contribution in [1.82, 2.24) is 10.2 Å². The maximum absolute atomic E-state index is 11.1. The Morgan fingerprint density at radius 2 is 2.06 bits per heavy atom. The molecule has 0 saturated heterocycles. The molecule has 1 aromatic carbocycles. The van der Waals surface area contributed by atoms with E-state index in [0.29, 0.717) is 18.9 Å². The molecule has 0 aliphatic carbocycles. The summed E-state index contributed by atoms with van der Waals surface area (Å²) in [6, 6.07) is 9.39. The highest BCUT2D eigenvalue weighted by atomic mass is 16.5. The summed E-state index contributed by atoms with van der Waals surface area (Å²) in [5.74, 6) is 0.321. The summed E-state index contributed by atoms with van der Waals surface area (Å²) in [5, 5.41) is 7.28. The molecule has 18 heavy (non-hydrogen) atoms. The highest BCUT2D eigenvalue weighted by Crippen LogP contribution is 2.09. The average Bonchev–Trinajstić information content (AvgIpc) is 2.88. The Kier molecular flexibility index (Phi) is 3.90. The second-order valence-corrected chi connectivity index (χ2v) is 3.40. The molecular weight excluding hydrogens is 236 g/mol. The fourth-order valence-corrected chi connectivity index (χ4v) is 1.30. The van der Waals surface area contributed by atoms with E-state index in [1.54, 1.807) is 0 Å². The van der Waals surface area contributed by atoms with Crippen molar-refractivity contribution >= 4 is 5.97 Å². The van der Waals surface area contributed by atoms with Crippen molar-refractivity contribution in [1.29, 1.82) is 0 Å². The van der Waals surface area contributed by atoms with E-state index in [-0.39, 0.29) is 5.89 Å². The van der Waals surface area contributed by atoms with Crippen LogP contribution in [-0.4, -0.2) is 29.9 Å². The van der Waals surface area contributed by atoms with Gasteiger partial charge in [-0.05, 0) is 12.1 Å². The van der Waals surface area contributed by atoms with E-state index in [4.69, 9.17) is 9.15 Å². The first-order valence-corrected chi connectivity index (χ1v) is 5.38. The van der Waals surface area contributed by atoms with Crippen LogP contribution in [0, 0.1) is 0 Å². The summed E-state index contributed by atoms with van der Waals surface area (Å²) in [6.45, 7) is 0.396. The molecule has 0 aliphatic rings. The molecule has 0 fully saturated rings. The lowest BCUT2D eigenvalue weighted by Gasteiger charge is -2.02. The molecule has 0 aliphatic heterocycles. The Morgan fingerprint density at radius 1 is 1.28 bits per heavy atom. The number of rotatable bonds is 5. The molecule has 0 atom stereocenters. The summed E-state index contributed by atoms with van der Waals surface area (Å²) < 4.78 is 15.0. The first kappa shape index (κ1) is 12.1. The highest BCUT2D eigenvalue weighted by molar-refractivity contribution is 5.83. The van der Waals surface area contributed by atoms with Crippen molar-refractivity contribution in [3.05, 3.63) is 42.1 Å². The number of nitrogens with zero attached hydrogens (tertiary/aromatic N) is 2. The third-order valence-corrected chi connectivity index (χ3v) is 2.15. The minimum atomic E-state index is -0.641. The van der Waals surface area contributed by atoms with E-state index in [0.717, 1.165) is 5.75 Å². The van der Waals surface area contributed by atoms with Gasteiger partial charge in [-0.15, -0.1) is 10.2 Å².